The van der Waals surface area contributed by atoms with E-state index in [-0.39, 0.29) is 50.8 Å². The molecule has 0 radical (unpaired) electrons. The number of nitrogens with one attached hydrogen (secondary N) is 1. The summed E-state index contributed by atoms with van der Waals surface area (Å²) in [5.41, 5.74) is -0.112. The van der Waals surface area contributed by atoms with Gasteiger partial charge in [0.05, 0.1) is 12.2 Å². The van der Waals surface area contributed by atoms with Crippen molar-refractivity contribution in [3.8, 4) is 35.2 Å². The van der Waals surface area contributed by atoms with Crippen LogP contribution in [0.3, 0.4) is 0 Å². The molecule has 3 aliphatic heterocycles. The van der Waals surface area contributed by atoms with E-state index >= 15 is 8.78 Å². The van der Waals surface area contributed by atoms with Crippen LogP contribution in [0.2, 0.25) is 0 Å². The van der Waals surface area contributed by atoms with Gasteiger partial charge < -0.3 is 20.1 Å². The molecule has 4 fully saturated rings. The number of halogens is 3. The first-order chi connectivity index (χ1) is 22.5. The Labute approximate surface area is 272 Å². The molecule has 0 spiro atoms. The summed E-state index contributed by atoms with van der Waals surface area (Å²) in [4.78, 5) is 13.6. The average Bonchev–Trinajstić information content (AvgIpc) is 3.31. The van der Waals surface area contributed by atoms with E-state index in [1.54, 1.807) is 18.2 Å². The van der Waals surface area contributed by atoms with Crippen molar-refractivity contribution in [2.45, 2.75) is 57.3 Å². The van der Waals surface area contributed by atoms with Crippen LogP contribution in [-0.2, 0) is 0 Å². The highest BCUT2D eigenvalue weighted by Crippen LogP contribution is 2.53. The van der Waals surface area contributed by atoms with Gasteiger partial charge >= 0.3 is 6.01 Å². The molecule has 10 heteroatoms. The lowest BCUT2D eigenvalue weighted by atomic mass is 9.93. The summed E-state index contributed by atoms with van der Waals surface area (Å²) in [7, 11) is 0. The fourth-order valence-corrected chi connectivity index (χ4v) is 8.35. The Morgan fingerprint density at radius 1 is 1.17 bits per heavy atom. The monoisotopic (exact) mass is 641 g/mol. The minimum absolute atomic E-state index is 0.0216. The van der Waals surface area contributed by atoms with E-state index in [2.05, 4.69) is 39.9 Å². The van der Waals surface area contributed by atoms with Gasteiger partial charge in [0.1, 0.15) is 29.1 Å². The van der Waals surface area contributed by atoms with Gasteiger partial charge in [0, 0.05) is 71.6 Å². The van der Waals surface area contributed by atoms with Gasteiger partial charge in [-0.05, 0) is 68.2 Å². The fourth-order valence-electron chi connectivity index (χ4n) is 8.35. The second-order valence-electron chi connectivity index (χ2n) is 14.5. The number of anilines is 1. The van der Waals surface area contributed by atoms with Crippen molar-refractivity contribution in [3.63, 3.8) is 0 Å². The van der Waals surface area contributed by atoms with Crippen molar-refractivity contribution >= 4 is 27.5 Å². The molecule has 4 aliphatic rings. The Hall–Kier alpha value is -4.07. The molecule has 3 unspecified atom stereocenters. The number of phenols is 1. The topological polar surface area (TPSA) is 73.8 Å². The van der Waals surface area contributed by atoms with Crippen molar-refractivity contribution in [1.82, 2.24) is 20.2 Å². The Balaban J connectivity index is 1.25. The van der Waals surface area contributed by atoms with Crippen molar-refractivity contribution < 1.29 is 23.0 Å². The summed E-state index contributed by atoms with van der Waals surface area (Å²) in [6.07, 6.45) is 8.47. The Morgan fingerprint density at radius 3 is 2.72 bits per heavy atom. The number of fused-ring (bicyclic) bond motifs is 4. The zero-order chi connectivity index (χ0) is 32.7. The van der Waals surface area contributed by atoms with Gasteiger partial charge in [-0.2, -0.15) is 9.97 Å². The van der Waals surface area contributed by atoms with Gasteiger partial charge in [0.15, 0.2) is 5.82 Å². The molecule has 244 valence electrons. The van der Waals surface area contributed by atoms with E-state index in [9.17, 15) is 9.50 Å². The molecule has 47 heavy (non-hydrogen) atoms. The molecule has 3 saturated heterocycles. The predicted molar refractivity (Wildman–Crippen MR) is 176 cm³/mol. The first kappa shape index (κ1) is 30.3. The van der Waals surface area contributed by atoms with E-state index in [1.807, 2.05) is 0 Å². The van der Waals surface area contributed by atoms with Crippen molar-refractivity contribution in [3.05, 3.63) is 53.6 Å². The highest BCUT2D eigenvalue weighted by atomic mass is 19.1. The van der Waals surface area contributed by atoms with E-state index in [0.717, 1.165) is 32.4 Å². The van der Waals surface area contributed by atoms with Gasteiger partial charge in [0.2, 0.25) is 0 Å². The van der Waals surface area contributed by atoms with Crippen LogP contribution in [0.5, 0.6) is 11.8 Å². The summed E-state index contributed by atoms with van der Waals surface area (Å²) in [6, 6.07) is 9.59. The number of ether oxygens (including phenoxy) is 1. The van der Waals surface area contributed by atoms with Crippen LogP contribution in [0.15, 0.2) is 36.4 Å². The first-order valence-corrected chi connectivity index (χ1v) is 16.5. The molecule has 2 bridgehead atoms. The largest absolute Gasteiger partial charge is 0.508 e. The molecule has 0 amide bonds. The number of rotatable bonds is 7. The van der Waals surface area contributed by atoms with Crippen LogP contribution in [0.4, 0.5) is 19.0 Å². The number of aromatic nitrogens is 2. The number of alkyl halides is 1. The van der Waals surface area contributed by atoms with E-state index < -0.39 is 17.8 Å². The highest BCUT2D eigenvalue weighted by molar-refractivity contribution is 6.04. The van der Waals surface area contributed by atoms with Crippen LogP contribution in [-0.4, -0.2) is 77.1 Å². The molecule has 2 N–H and O–H groups in total. The average molecular weight is 642 g/mol. The van der Waals surface area contributed by atoms with Gasteiger partial charge in [-0.15, -0.1) is 6.42 Å². The second kappa shape index (κ2) is 11.0. The van der Waals surface area contributed by atoms with Gasteiger partial charge in [0.25, 0.3) is 0 Å². The van der Waals surface area contributed by atoms with Crippen LogP contribution in [0, 0.1) is 35.3 Å². The van der Waals surface area contributed by atoms with E-state index in [4.69, 9.17) is 16.1 Å². The van der Waals surface area contributed by atoms with E-state index in [1.165, 1.54) is 18.2 Å². The number of aromatic hydroxyl groups is 1. The molecule has 7 nitrogen and oxygen atoms in total. The Morgan fingerprint density at radius 2 is 2.00 bits per heavy atom. The molecule has 4 heterocycles. The third-order valence-electron chi connectivity index (χ3n) is 10.9. The lowest BCUT2D eigenvalue weighted by Crippen LogP contribution is -2.58. The number of piperazine rings is 1. The summed E-state index contributed by atoms with van der Waals surface area (Å²) in [6.45, 7) is 7.76. The molecular weight excluding hydrogens is 603 g/mol. The Kier molecular flexibility index (Phi) is 7.08. The zero-order valence-electron chi connectivity index (χ0n) is 26.6. The quantitative estimate of drug-likeness (QED) is 0.233. The lowest BCUT2D eigenvalue weighted by Gasteiger charge is -2.40. The maximum Gasteiger partial charge on any atom is 0.319 e. The normalized spacial score (nSPS) is 28.7. The molecule has 1 aliphatic carbocycles. The number of nitrogens with zero attached hydrogens (tertiary/aromatic N) is 4. The standard InChI is InChI=1S/C37H38F3N5O2/c1-4-22-6-5-7-23-12-26(46)13-27(30(22)23)31-29(39)14-28-33(32(31)40)41-35(42-34(28)45-17-25-8-10-36(3,18-45)43-25)47-20-37(15-21(37)2)19-44-11-9-24(38)16-44/h1,5-7,12-14,21,24-25,43,46H,8-11,15-20H2,2-3H3/t21?,24-,25?,36+,37?/m1/s1. The van der Waals surface area contributed by atoms with Crippen molar-refractivity contribution in [2.24, 2.45) is 11.3 Å². The molecule has 1 saturated carbocycles. The molecule has 8 rings (SSSR count). The van der Waals surface area contributed by atoms with Crippen LogP contribution < -0.4 is 15.0 Å². The number of hydrogen-bond acceptors (Lipinski definition) is 7. The summed E-state index contributed by atoms with van der Waals surface area (Å²) >= 11 is 0. The van der Waals surface area contributed by atoms with Crippen molar-refractivity contribution in [1.29, 1.82) is 0 Å². The van der Waals surface area contributed by atoms with Crippen molar-refractivity contribution in [2.75, 3.05) is 44.2 Å². The maximum atomic E-state index is 16.9. The Bertz CT molecular complexity index is 1960. The maximum absolute atomic E-state index is 16.9. The highest BCUT2D eigenvalue weighted by Gasteiger charge is 2.53. The van der Waals surface area contributed by atoms with Gasteiger partial charge in [-0.1, -0.05) is 25.0 Å². The smallest absolute Gasteiger partial charge is 0.319 e. The molecule has 4 aromatic rings. The summed E-state index contributed by atoms with van der Waals surface area (Å²) in [5.74, 6) is 1.60. The third-order valence-corrected chi connectivity index (χ3v) is 10.9. The SMILES string of the molecule is C#Cc1cccc2cc(O)cc(-c3c(F)cc4c(N5CC6CC[C@@](C)(C5)N6)nc(OCC5(CN6CC[C@@H](F)C6)CC5C)nc4c3F)c12. The van der Waals surface area contributed by atoms with Gasteiger partial charge in [-0.25, -0.2) is 13.2 Å². The second-order valence-corrected chi connectivity index (χ2v) is 14.5. The van der Waals surface area contributed by atoms with Crippen LogP contribution >= 0.6 is 0 Å². The minimum atomic E-state index is -0.878. The number of phenolic OH excluding ortho intramolecular Hbond substituents is 1. The van der Waals surface area contributed by atoms with Crippen LogP contribution in [0.25, 0.3) is 32.8 Å². The third kappa shape index (κ3) is 5.24. The van der Waals surface area contributed by atoms with Gasteiger partial charge in [-0.3, -0.25) is 4.90 Å². The van der Waals surface area contributed by atoms with E-state index in [0.29, 0.717) is 60.7 Å². The number of hydrogen-bond donors (Lipinski definition) is 2. The first-order valence-electron chi connectivity index (χ1n) is 16.5. The summed E-state index contributed by atoms with van der Waals surface area (Å²) in [5, 5.41) is 15.5. The predicted octanol–water partition coefficient (Wildman–Crippen LogP) is 6.19. The fraction of sp³-hybridized carbons (Fsp3) is 0.459. The molecular formula is C37H38F3N5O2. The lowest BCUT2D eigenvalue weighted by molar-refractivity contribution is 0.155. The number of benzene rings is 3. The zero-order valence-corrected chi connectivity index (χ0v) is 26.6. The molecule has 1 aromatic heterocycles. The molecule has 5 atom stereocenters. The molecule has 3 aromatic carbocycles. The van der Waals surface area contributed by atoms with Crippen LogP contribution in [0.1, 0.15) is 45.1 Å². The number of terminal acetylenes is 1. The minimum Gasteiger partial charge on any atom is -0.508 e. The number of likely N-dealkylation sites (tertiary alicyclic amines) is 1. The summed E-state index contributed by atoms with van der Waals surface area (Å²) < 4.78 is 53.5.